The summed E-state index contributed by atoms with van der Waals surface area (Å²) in [4.78, 5) is 13.6. The van der Waals surface area contributed by atoms with Gasteiger partial charge in [-0.15, -0.1) is 0 Å². The molecule has 0 bridgehead atoms. The average Bonchev–Trinajstić information content (AvgIpc) is 2.30. The molecule has 0 radical (unpaired) electrons. The predicted octanol–water partition coefficient (Wildman–Crippen LogP) is 3.14. The van der Waals surface area contributed by atoms with Crippen molar-refractivity contribution in [3.8, 4) is 0 Å². The lowest BCUT2D eigenvalue weighted by Crippen LogP contribution is -2.34. The number of piperidine rings is 1. The molecule has 0 unspecified atom stereocenters. The van der Waals surface area contributed by atoms with Crippen LogP contribution in [0, 0.1) is 0 Å². The Labute approximate surface area is 93.3 Å². The molecule has 1 aliphatic heterocycles. The van der Waals surface area contributed by atoms with Crippen molar-refractivity contribution in [2.45, 2.75) is 51.9 Å². The summed E-state index contributed by atoms with van der Waals surface area (Å²) >= 11 is 0. The summed E-state index contributed by atoms with van der Waals surface area (Å²) in [6.07, 6.45) is 12.2. The molecule has 15 heavy (non-hydrogen) atoms. The van der Waals surface area contributed by atoms with E-state index in [1.807, 2.05) is 11.0 Å². The van der Waals surface area contributed by atoms with E-state index in [0.29, 0.717) is 0 Å². The molecule has 0 spiro atoms. The third-order valence-corrected chi connectivity index (χ3v) is 2.90. The van der Waals surface area contributed by atoms with Gasteiger partial charge in [0.05, 0.1) is 0 Å². The highest BCUT2D eigenvalue weighted by Gasteiger charge is 2.13. The van der Waals surface area contributed by atoms with E-state index in [2.05, 4.69) is 6.92 Å². The number of carbonyl (C=O) groups excluding carboxylic acids is 1. The molecule has 1 amide bonds. The van der Waals surface area contributed by atoms with Gasteiger partial charge in [0.2, 0.25) is 5.91 Å². The molecule has 1 aliphatic rings. The van der Waals surface area contributed by atoms with Gasteiger partial charge in [-0.3, -0.25) is 4.79 Å². The number of carbonyl (C=O) groups is 1. The normalized spacial score (nSPS) is 17.3. The van der Waals surface area contributed by atoms with E-state index in [1.165, 1.54) is 38.5 Å². The Hall–Kier alpha value is -0.790. The van der Waals surface area contributed by atoms with E-state index in [4.69, 9.17) is 0 Å². The number of likely N-dealkylation sites (tertiary alicyclic amines) is 1. The van der Waals surface area contributed by atoms with Crippen LogP contribution in [0.5, 0.6) is 0 Å². The first-order valence-corrected chi connectivity index (χ1v) is 6.30. The summed E-state index contributed by atoms with van der Waals surface area (Å²) in [7, 11) is 0. The molecule has 0 aromatic carbocycles. The van der Waals surface area contributed by atoms with E-state index in [1.54, 1.807) is 6.08 Å². The van der Waals surface area contributed by atoms with Crippen LogP contribution in [-0.2, 0) is 4.79 Å². The fraction of sp³-hybridized carbons (Fsp3) is 0.769. The highest BCUT2D eigenvalue weighted by atomic mass is 16.2. The van der Waals surface area contributed by atoms with Gasteiger partial charge in [-0.1, -0.05) is 25.8 Å². The standard InChI is InChI=1S/C13H23NO/c1-2-3-4-5-7-10-13(15)14-11-8-6-9-12-14/h7,10H,2-6,8-9,11-12H2,1H3/b10-7+. The van der Waals surface area contributed by atoms with Crippen molar-refractivity contribution in [2.24, 2.45) is 0 Å². The van der Waals surface area contributed by atoms with E-state index >= 15 is 0 Å². The van der Waals surface area contributed by atoms with Crippen molar-refractivity contribution in [3.05, 3.63) is 12.2 Å². The first-order valence-electron chi connectivity index (χ1n) is 6.30. The Balaban J connectivity index is 2.15. The molecular formula is C13H23NO. The Morgan fingerprint density at radius 3 is 2.60 bits per heavy atom. The Morgan fingerprint density at radius 1 is 1.20 bits per heavy atom. The topological polar surface area (TPSA) is 20.3 Å². The van der Waals surface area contributed by atoms with Gasteiger partial charge in [0.25, 0.3) is 0 Å². The quantitative estimate of drug-likeness (QED) is 0.503. The van der Waals surface area contributed by atoms with Crippen LogP contribution < -0.4 is 0 Å². The largest absolute Gasteiger partial charge is 0.339 e. The monoisotopic (exact) mass is 209 g/mol. The van der Waals surface area contributed by atoms with Gasteiger partial charge in [0.15, 0.2) is 0 Å². The lowest BCUT2D eigenvalue weighted by atomic mass is 10.1. The third kappa shape index (κ3) is 5.01. The van der Waals surface area contributed by atoms with Gasteiger partial charge in [-0.05, 0) is 38.2 Å². The van der Waals surface area contributed by atoms with Crippen molar-refractivity contribution in [1.82, 2.24) is 4.90 Å². The first-order chi connectivity index (χ1) is 7.34. The Morgan fingerprint density at radius 2 is 1.93 bits per heavy atom. The highest BCUT2D eigenvalue weighted by Crippen LogP contribution is 2.09. The number of hydrogen-bond acceptors (Lipinski definition) is 1. The molecule has 86 valence electrons. The number of unbranched alkanes of at least 4 members (excludes halogenated alkanes) is 3. The van der Waals surface area contributed by atoms with Gasteiger partial charge >= 0.3 is 0 Å². The van der Waals surface area contributed by atoms with Crippen LogP contribution in [0.4, 0.5) is 0 Å². The zero-order valence-electron chi connectivity index (χ0n) is 9.87. The number of hydrogen-bond donors (Lipinski definition) is 0. The number of rotatable bonds is 5. The van der Waals surface area contributed by atoms with Gasteiger partial charge < -0.3 is 4.90 Å². The predicted molar refractivity (Wildman–Crippen MR) is 63.7 cm³/mol. The Bertz CT molecular complexity index is 205. The smallest absolute Gasteiger partial charge is 0.246 e. The van der Waals surface area contributed by atoms with Crippen LogP contribution in [0.2, 0.25) is 0 Å². The third-order valence-electron chi connectivity index (χ3n) is 2.90. The second-order valence-electron chi connectivity index (χ2n) is 4.28. The van der Waals surface area contributed by atoms with Crippen molar-refractivity contribution >= 4 is 5.91 Å². The molecule has 1 rings (SSSR count). The van der Waals surface area contributed by atoms with E-state index in [-0.39, 0.29) is 5.91 Å². The van der Waals surface area contributed by atoms with Gasteiger partial charge in [0.1, 0.15) is 0 Å². The summed E-state index contributed by atoms with van der Waals surface area (Å²) in [6.45, 7) is 4.11. The minimum absolute atomic E-state index is 0.214. The maximum absolute atomic E-state index is 11.7. The van der Waals surface area contributed by atoms with Crippen LogP contribution in [0.15, 0.2) is 12.2 Å². The molecule has 1 heterocycles. The first kappa shape index (κ1) is 12.3. The van der Waals surface area contributed by atoms with Gasteiger partial charge in [-0.25, -0.2) is 0 Å². The van der Waals surface area contributed by atoms with Gasteiger partial charge in [0, 0.05) is 13.1 Å². The van der Waals surface area contributed by atoms with Crippen molar-refractivity contribution < 1.29 is 4.79 Å². The fourth-order valence-electron chi connectivity index (χ4n) is 1.92. The molecular weight excluding hydrogens is 186 g/mol. The summed E-state index contributed by atoms with van der Waals surface area (Å²) in [5, 5.41) is 0. The fourth-order valence-corrected chi connectivity index (χ4v) is 1.92. The maximum Gasteiger partial charge on any atom is 0.246 e. The zero-order valence-corrected chi connectivity index (χ0v) is 9.87. The second kappa shape index (κ2) is 7.49. The van der Waals surface area contributed by atoms with Crippen molar-refractivity contribution in [1.29, 1.82) is 0 Å². The van der Waals surface area contributed by atoms with Crippen molar-refractivity contribution in [2.75, 3.05) is 13.1 Å². The molecule has 0 atom stereocenters. The number of amides is 1. The summed E-state index contributed by atoms with van der Waals surface area (Å²) in [5.74, 6) is 0.214. The van der Waals surface area contributed by atoms with Crippen LogP contribution in [0.1, 0.15) is 51.9 Å². The molecule has 2 nitrogen and oxygen atoms in total. The summed E-state index contributed by atoms with van der Waals surface area (Å²) in [5.41, 5.74) is 0. The number of allylic oxidation sites excluding steroid dienone is 1. The van der Waals surface area contributed by atoms with Crippen LogP contribution in [0.25, 0.3) is 0 Å². The molecule has 1 fully saturated rings. The lowest BCUT2D eigenvalue weighted by molar-refractivity contribution is -0.126. The molecule has 0 aromatic heterocycles. The molecule has 0 aromatic rings. The average molecular weight is 209 g/mol. The van der Waals surface area contributed by atoms with Crippen LogP contribution >= 0.6 is 0 Å². The van der Waals surface area contributed by atoms with Crippen LogP contribution in [-0.4, -0.2) is 23.9 Å². The maximum atomic E-state index is 11.7. The second-order valence-corrected chi connectivity index (χ2v) is 4.28. The van der Waals surface area contributed by atoms with E-state index in [9.17, 15) is 4.79 Å². The minimum atomic E-state index is 0.214. The minimum Gasteiger partial charge on any atom is -0.339 e. The molecule has 2 heteroatoms. The Kier molecular flexibility index (Phi) is 6.14. The highest BCUT2D eigenvalue weighted by molar-refractivity contribution is 5.87. The van der Waals surface area contributed by atoms with E-state index in [0.717, 1.165) is 19.5 Å². The van der Waals surface area contributed by atoms with Gasteiger partial charge in [-0.2, -0.15) is 0 Å². The molecule has 0 N–H and O–H groups in total. The zero-order chi connectivity index (χ0) is 10.9. The van der Waals surface area contributed by atoms with Crippen LogP contribution in [0.3, 0.4) is 0 Å². The van der Waals surface area contributed by atoms with E-state index < -0.39 is 0 Å². The molecule has 0 aliphatic carbocycles. The molecule has 0 saturated carbocycles. The van der Waals surface area contributed by atoms with Crippen molar-refractivity contribution in [3.63, 3.8) is 0 Å². The number of nitrogens with zero attached hydrogens (tertiary/aromatic N) is 1. The SMILES string of the molecule is CCCCC/C=C/C(=O)N1CCCCC1. The summed E-state index contributed by atoms with van der Waals surface area (Å²) in [6, 6.07) is 0. The lowest BCUT2D eigenvalue weighted by Gasteiger charge is -2.25. The summed E-state index contributed by atoms with van der Waals surface area (Å²) < 4.78 is 0. The molecule has 1 saturated heterocycles.